The van der Waals surface area contributed by atoms with Crippen molar-refractivity contribution in [2.45, 2.75) is 27.3 Å². The van der Waals surface area contributed by atoms with E-state index in [2.05, 4.69) is 5.32 Å². The second kappa shape index (κ2) is 6.43. The number of nitro groups is 1. The maximum atomic E-state index is 12.2. The van der Waals surface area contributed by atoms with Gasteiger partial charge in [0.25, 0.3) is 0 Å². The van der Waals surface area contributed by atoms with Gasteiger partial charge in [0, 0.05) is 17.4 Å². The molecule has 0 spiro atoms. The van der Waals surface area contributed by atoms with Crippen LogP contribution in [0.3, 0.4) is 0 Å². The minimum Gasteiger partial charge on any atom is -0.324 e. The molecule has 1 heterocycles. The third-order valence-electron chi connectivity index (χ3n) is 3.54. The van der Waals surface area contributed by atoms with Crippen LogP contribution in [0.5, 0.6) is 0 Å². The molecule has 120 valence electrons. The number of benzene rings is 1. The quantitative estimate of drug-likeness (QED) is 0.692. The summed E-state index contributed by atoms with van der Waals surface area (Å²) in [5.41, 5.74) is 1.70. The first-order valence-corrected chi connectivity index (χ1v) is 7.01. The fourth-order valence-electron chi connectivity index (χ4n) is 2.20. The van der Waals surface area contributed by atoms with E-state index in [0.717, 1.165) is 21.8 Å². The van der Waals surface area contributed by atoms with E-state index in [9.17, 15) is 19.7 Å². The van der Waals surface area contributed by atoms with E-state index in [1.54, 1.807) is 6.92 Å². The number of carbonyl (C=O) groups is 1. The molecule has 0 aliphatic heterocycles. The van der Waals surface area contributed by atoms with Crippen molar-refractivity contribution in [1.29, 1.82) is 0 Å². The molecule has 0 fully saturated rings. The van der Waals surface area contributed by atoms with Crippen LogP contribution < -0.4 is 10.9 Å². The number of nitrogens with one attached hydrogen (secondary N) is 1. The molecule has 0 atom stereocenters. The molecule has 0 unspecified atom stereocenters. The van der Waals surface area contributed by atoms with Crippen molar-refractivity contribution in [3.8, 4) is 0 Å². The molecule has 7 heteroatoms. The van der Waals surface area contributed by atoms with Gasteiger partial charge in [-0.1, -0.05) is 12.1 Å². The Morgan fingerprint density at radius 3 is 2.57 bits per heavy atom. The van der Waals surface area contributed by atoms with Gasteiger partial charge in [-0.05, 0) is 44.0 Å². The van der Waals surface area contributed by atoms with Crippen molar-refractivity contribution >= 4 is 17.3 Å². The molecule has 2 aromatic rings. The number of hydrogen-bond donors (Lipinski definition) is 1. The Morgan fingerprint density at radius 1 is 1.22 bits per heavy atom. The summed E-state index contributed by atoms with van der Waals surface area (Å²) in [7, 11) is 0. The van der Waals surface area contributed by atoms with E-state index in [0.29, 0.717) is 11.4 Å². The number of carbonyl (C=O) groups excluding carboxylic acids is 1. The van der Waals surface area contributed by atoms with E-state index >= 15 is 0 Å². The Kier molecular flexibility index (Phi) is 4.59. The molecule has 1 amide bonds. The van der Waals surface area contributed by atoms with Crippen LogP contribution in [0.15, 0.2) is 35.1 Å². The van der Waals surface area contributed by atoms with Crippen LogP contribution >= 0.6 is 0 Å². The van der Waals surface area contributed by atoms with Crippen molar-refractivity contribution in [2.24, 2.45) is 0 Å². The zero-order chi connectivity index (χ0) is 17.1. The first-order valence-electron chi connectivity index (χ1n) is 7.01. The summed E-state index contributed by atoms with van der Waals surface area (Å²) in [5, 5.41) is 13.6. The lowest BCUT2D eigenvalue weighted by Gasteiger charge is -2.12. The second-order valence-corrected chi connectivity index (χ2v) is 5.37. The predicted octanol–water partition coefficient (Wildman–Crippen LogP) is 2.32. The number of aromatic nitrogens is 1. The molecule has 7 nitrogen and oxygen atoms in total. The van der Waals surface area contributed by atoms with E-state index in [1.807, 2.05) is 32.0 Å². The van der Waals surface area contributed by atoms with Crippen LogP contribution in [0.4, 0.5) is 11.4 Å². The van der Waals surface area contributed by atoms with E-state index in [4.69, 9.17) is 0 Å². The average Bonchev–Trinajstić information content (AvgIpc) is 2.47. The summed E-state index contributed by atoms with van der Waals surface area (Å²) >= 11 is 0. The standard InChI is InChI=1S/C16H17N3O4/c1-10-4-5-11(2)13(8-10)17-15(20)9-18-12(3)6-7-14(16(18)21)19(22)23/h4-8H,9H2,1-3H3,(H,17,20). The molecule has 1 aromatic heterocycles. The molecule has 2 rings (SSSR count). The molecular formula is C16H17N3O4. The number of aryl methyl sites for hydroxylation is 3. The van der Waals surface area contributed by atoms with Gasteiger partial charge in [-0.25, -0.2) is 0 Å². The minimum atomic E-state index is -0.786. The summed E-state index contributed by atoms with van der Waals surface area (Å²) in [6.07, 6.45) is 0. The number of nitrogens with zero attached hydrogens (tertiary/aromatic N) is 2. The zero-order valence-corrected chi connectivity index (χ0v) is 13.1. The van der Waals surface area contributed by atoms with E-state index in [-0.39, 0.29) is 6.54 Å². The average molecular weight is 315 g/mol. The summed E-state index contributed by atoms with van der Waals surface area (Å²) in [6.45, 7) is 5.11. The van der Waals surface area contributed by atoms with Crippen molar-refractivity contribution in [2.75, 3.05) is 5.32 Å². The van der Waals surface area contributed by atoms with Crippen molar-refractivity contribution in [1.82, 2.24) is 4.57 Å². The third kappa shape index (κ3) is 3.63. The van der Waals surface area contributed by atoms with Gasteiger partial charge < -0.3 is 5.32 Å². The number of pyridine rings is 1. The van der Waals surface area contributed by atoms with Gasteiger partial charge in [-0.3, -0.25) is 24.3 Å². The van der Waals surface area contributed by atoms with E-state index < -0.39 is 22.1 Å². The topological polar surface area (TPSA) is 94.2 Å². The molecule has 0 bridgehead atoms. The van der Waals surface area contributed by atoms with Crippen LogP contribution in [-0.2, 0) is 11.3 Å². The monoisotopic (exact) mass is 315 g/mol. The lowest BCUT2D eigenvalue weighted by molar-refractivity contribution is -0.386. The molecular weight excluding hydrogens is 298 g/mol. The fourth-order valence-corrected chi connectivity index (χ4v) is 2.20. The van der Waals surface area contributed by atoms with Gasteiger partial charge in [0.05, 0.1) is 4.92 Å². The molecule has 0 aliphatic rings. The SMILES string of the molecule is Cc1ccc(C)c(NC(=O)Cn2c(C)ccc([N+](=O)[O-])c2=O)c1. The highest BCUT2D eigenvalue weighted by Gasteiger charge is 2.17. The number of anilines is 1. The third-order valence-corrected chi connectivity index (χ3v) is 3.54. The summed E-state index contributed by atoms with van der Waals surface area (Å²) < 4.78 is 1.10. The summed E-state index contributed by atoms with van der Waals surface area (Å²) in [5.74, 6) is -0.413. The fraction of sp³-hybridized carbons (Fsp3) is 0.250. The maximum absolute atomic E-state index is 12.2. The highest BCUT2D eigenvalue weighted by molar-refractivity contribution is 5.91. The van der Waals surface area contributed by atoms with Gasteiger partial charge in [0.2, 0.25) is 5.91 Å². The van der Waals surface area contributed by atoms with Gasteiger partial charge >= 0.3 is 11.2 Å². The van der Waals surface area contributed by atoms with Crippen molar-refractivity contribution in [3.05, 3.63) is 67.6 Å². The molecule has 0 aliphatic carbocycles. The van der Waals surface area contributed by atoms with Crippen molar-refractivity contribution < 1.29 is 9.72 Å². The Hall–Kier alpha value is -2.96. The molecule has 0 radical (unpaired) electrons. The van der Waals surface area contributed by atoms with Crippen LogP contribution in [0, 0.1) is 30.9 Å². The molecule has 1 aromatic carbocycles. The second-order valence-electron chi connectivity index (χ2n) is 5.37. The first kappa shape index (κ1) is 16.4. The number of hydrogen-bond acceptors (Lipinski definition) is 4. The first-order chi connectivity index (χ1) is 10.8. The summed E-state index contributed by atoms with van der Waals surface area (Å²) in [4.78, 5) is 34.4. The highest BCUT2D eigenvalue weighted by Crippen LogP contribution is 2.16. The molecule has 23 heavy (non-hydrogen) atoms. The molecule has 0 saturated heterocycles. The van der Waals surface area contributed by atoms with Crippen LogP contribution in [0.25, 0.3) is 0 Å². The van der Waals surface area contributed by atoms with Crippen LogP contribution in [0.2, 0.25) is 0 Å². The zero-order valence-electron chi connectivity index (χ0n) is 13.1. The normalized spacial score (nSPS) is 10.4. The van der Waals surface area contributed by atoms with E-state index in [1.165, 1.54) is 6.07 Å². The molecule has 0 saturated carbocycles. The van der Waals surface area contributed by atoms with Crippen molar-refractivity contribution in [3.63, 3.8) is 0 Å². The molecule has 1 N–H and O–H groups in total. The minimum absolute atomic E-state index is 0.278. The Morgan fingerprint density at radius 2 is 1.91 bits per heavy atom. The number of rotatable bonds is 4. The Balaban J connectivity index is 2.27. The largest absolute Gasteiger partial charge is 0.334 e. The number of amides is 1. The van der Waals surface area contributed by atoms with Crippen LogP contribution in [0.1, 0.15) is 16.8 Å². The smallest absolute Gasteiger partial charge is 0.324 e. The lowest BCUT2D eigenvalue weighted by Crippen LogP contribution is -2.30. The lowest BCUT2D eigenvalue weighted by atomic mass is 10.1. The summed E-state index contributed by atoms with van der Waals surface area (Å²) in [6, 6.07) is 8.24. The van der Waals surface area contributed by atoms with Gasteiger partial charge in [0.15, 0.2) is 0 Å². The van der Waals surface area contributed by atoms with Gasteiger partial charge in [0.1, 0.15) is 6.54 Å². The van der Waals surface area contributed by atoms with Gasteiger partial charge in [-0.2, -0.15) is 0 Å². The van der Waals surface area contributed by atoms with Gasteiger partial charge in [-0.15, -0.1) is 0 Å². The van der Waals surface area contributed by atoms with Crippen LogP contribution in [-0.4, -0.2) is 15.4 Å². The Bertz CT molecular complexity index is 840. The highest BCUT2D eigenvalue weighted by atomic mass is 16.6. The maximum Gasteiger partial charge on any atom is 0.334 e. The Labute approximate surface area is 132 Å². The predicted molar refractivity (Wildman–Crippen MR) is 86.6 cm³/mol.